The van der Waals surface area contributed by atoms with E-state index in [1.807, 2.05) is 42.5 Å². The Hall–Kier alpha value is -3.80. The molecule has 6 heteroatoms. The Bertz CT molecular complexity index is 1100. The number of amides is 2. The summed E-state index contributed by atoms with van der Waals surface area (Å²) in [6, 6.07) is 23.0. The second kappa shape index (κ2) is 10.7. The summed E-state index contributed by atoms with van der Waals surface area (Å²) in [6.07, 6.45) is 1.95. The van der Waals surface area contributed by atoms with Gasteiger partial charge in [-0.05, 0) is 54.3 Å². The molecule has 0 saturated carbocycles. The van der Waals surface area contributed by atoms with Gasteiger partial charge in [-0.1, -0.05) is 49.4 Å². The molecule has 3 aromatic rings. The predicted molar refractivity (Wildman–Crippen MR) is 129 cm³/mol. The molecule has 0 aliphatic carbocycles. The van der Waals surface area contributed by atoms with E-state index >= 15 is 0 Å². The van der Waals surface area contributed by atoms with Crippen LogP contribution in [0.3, 0.4) is 0 Å². The van der Waals surface area contributed by atoms with E-state index in [1.165, 1.54) is 5.56 Å². The third-order valence-corrected chi connectivity index (χ3v) is 5.52. The Morgan fingerprint density at radius 3 is 2.58 bits per heavy atom. The first-order valence-corrected chi connectivity index (χ1v) is 11.2. The van der Waals surface area contributed by atoms with Gasteiger partial charge < -0.3 is 19.7 Å². The van der Waals surface area contributed by atoms with Crippen molar-refractivity contribution in [3.05, 3.63) is 83.9 Å². The van der Waals surface area contributed by atoms with Crippen molar-refractivity contribution in [3.8, 4) is 11.5 Å². The molecule has 170 valence electrons. The fraction of sp³-hybridized carbons (Fsp3) is 0.259. The van der Waals surface area contributed by atoms with Gasteiger partial charge in [0, 0.05) is 12.2 Å². The molecule has 1 aliphatic rings. The van der Waals surface area contributed by atoms with Gasteiger partial charge >= 0.3 is 0 Å². The average Bonchev–Trinajstić information content (AvgIpc) is 2.84. The SMILES string of the molecule is CCc1ccc(OCCCN2C(=O)COc3ccc(NC(=O)Cc4ccccc4)cc32)cc1. The molecule has 0 atom stereocenters. The summed E-state index contributed by atoms with van der Waals surface area (Å²) in [5.41, 5.74) is 3.50. The van der Waals surface area contributed by atoms with Crippen molar-refractivity contribution in [2.24, 2.45) is 0 Å². The fourth-order valence-electron chi connectivity index (χ4n) is 3.75. The van der Waals surface area contributed by atoms with Crippen LogP contribution in [0, 0.1) is 0 Å². The lowest BCUT2D eigenvalue weighted by atomic mass is 10.1. The van der Waals surface area contributed by atoms with Crippen LogP contribution in [0.1, 0.15) is 24.5 Å². The number of carbonyl (C=O) groups excluding carboxylic acids is 2. The van der Waals surface area contributed by atoms with Crippen LogP contribution in [-0.4, -0.2) is 31.6 Å². The van der Waals surface area contributed by atoms with Crippen molar-refractivity contribution in [1.82, 2.24) is 0 Å². The van der Waals surface area contributed by atoms with Crippen molar-refractivity contribution >= 4 is 23.2 Å². The lowest BCUT2D eigenvalue weighted by molar-refractivity contribution is -0.121. The van der Waals surface area contributed by atoms with Crippen LogP contribution in [0.4, 0.5) is 11.4 Å². The smallest absolute Gasteiger partial charge is 0.265 e. The number of nitrogens with zero attached hydrogens (tertiary/aromatic N) is 1. The van der Waals surface area contributed by atoms with E-state index in [9.17, 15) is 9.59 Å². The minimum Gasteiger partial charge on any atom is -0.494 e. The number of carbonyl (C=O) groups is 2. The molecule has 1 heterocycles. The summed E-state index contributed by atoms with van der Waals surface area (Å²) in [5, 5.41) is 2.92. The normalized spacial score (nSPS) is 12.6. The van der Waals surface area contributed by atoms with Crippen molar-refractivity contribution in [2.45, 2.75) is 26.2 Å². The molecule has 1 N–H and O–H groups in total. The number of hydrogen-bond acceptors (Lipinski definition) is 4. The summed E-state index contributed by atoms with van der Waals surface area (Å²) in [6.45, 7) is 3.13. The first-order valence-electron chi connectivity index (χ1n) is 11.2. The van der Waals surface area contributed by atoms with Crippen molar-refractivity contribution in [2.75, 3.05) is 30.0 Å². The molecule has 0 bridgehead atoms. The highest BCUT2D eigenvalue weighted by Gasteiger charge is 2.25. The third-order valence-electron chi connectivity index (χ3n) is 5.52. The average molecular weight is 445 g/mol. The summed E-state index contributed by atoms with van der Waals surface area (Å²) < 4.78 is 11.4. The number of benzene rings is 3. The molecule has 0 spiro atoms. The van der Waals surface area contributed by atoms with Gasteiger partial charge in [0.1, 0.15) is 11.5 Å². The third kappa shape index (κ3) is 5.92. The van der Waals surface area contributed by atoms with Gasteiger partial charge in [-0.3, -0.25) is 9.59 Å². The molecular weight excluding hydrogens is 416 g/mol. The zero-order valence-electron chi connectivity index (χ0n) is 18.8. The van der Waals surface area contributed by atoms with Crippen LogP contribution in [0.15, 0.2) is 72.8 Å². The molecule has 4 rings (SSSR count). The number of rotatable bonds is 9. The van der Waals surface area contributed by atoms with Crippen LogP contribution < -0.4 is 19.7 Å². The van der Waals surface area contributed by atoms with E-state index in [4.69, 9.17) is 9.47 Å². The lowest BCUT2D eigenvalue weighted by Crippen LogP contribution is -2.39. The standard InChI is InChI=1S/C27H28N2O4/c1-2-20-9-12-23(13-10-20)32-16-6-15-29-24-18-22(11-14-25(24)33-19-27(29)31)28-26(30)17-21-7-4-3-5-8-21/h3-5,7-14,18H,2,6,15-17,19H2,1H3,(H,28,30). The van der Waals surface area contributed by atoms with Gasteiger partial charge in [-0.15, -0.1) is 0 Å². The van der Waals surface area contributed by atoms with E-state index in [1.54, 1.807) is 23.1 Å². The van der Waals surface area contributed by atoms with Gasteiger partial charge in [-0.2, -0.15) is 0 Å². The highest BCUT2D eigenvalue weighted by atomic mass is 16.5. The summed E-state index contributed by atoms with van der Waals surface area (Å²) in [4.78, 5) is 26.7. The monoisotopic (exact) mass is 444 g/mol. The largest absolute Gasteiger partial charge is 0.494 e. The summed E-state index contributed by atoms with van der Waals surface area (Å²) >= 11 is 0. The molecule has 1 aliphatic heterocycles. The van der Waals surface area contributed by atoms with Crippen molar-refractivity contribution < 1.29 is 19.1 Å². The number of aryl methyl sites for hydroxylation is 1. The van der Waals surface area contributed by atoms with E-state index in [-0.39, 0.29) is 24.8 Å². The molecule has 0 radical (unpaired) electrons. The number of ether oxygens (including phenoxy) is 2. The van der Waals surface area contributed by atoms with Crippen molar-refractivity contribution in [1.29, 1.82) is 0 Å². The van der Waals surface area contributed by atoms with E-state index in [0.717, 1.165) is 17.7 Å². The van der Waals surface area contributed by atoms with Crippen LogP contribution in [-0.2, 0) is 22.4 Å². The topological polar surface area (TPSA) is 67.9 Å². The van der Waals surface area contributed by atoms with Crippen molar-refractivity contribution in [3.63, 3.8) is 0 Å². The summed E-state index contributed by atoms with van der Waals surface area (Å²) in [7, 11) is 0. The predicted octanol–water partition coefficient (Wildman–Crippen LogP) is 4.62. The quantitative estimate of drug-likeness (QED) is 0.489. The Labute approximate surface area is 194 Å². The molecule has 33 heavy (non-hydrogen) atoms. The molecule has 0 saturated heterocycles. The molecule has 6 nitrogen and oxygen atoms in total. The second-order valence-corrected chi connectivity index (χ2v) is 7.93. The molecule has 3 aromatic carbocycles. The Morgan fingerprint density at radius 1 is 1.03 bits per heavy atom. The highest BCUT2D eigenvalue weighted by molar-refractivity contribution is 5.99. The van der Waals surface area contributed by atoms with Gasteiger partial charge in [0.15, 0.2) is 6.61 Å². The Kier molecular flexibility index (Phi) is 7.25. The summed E-state index contributed by atoms with van der Waals surface area (Å²) in [5.74, 6) is 1.23. The van der Waals surface area contributed by atoms with E-state index in [0.29, 0.717) is 36.7 Å². The van der Waals surface area contributed by atoms with E-state index in [2.05, 4.69) is 24.4 Å². The zero-order chi connectivity index (χ0) is 23.0. The first-order chi connectivity index (χ1) is 16.1. The van der Waals surface area contributed by atoms with Crippen LogP contribution >= 0.6 is 0 Å². The maximum atomic E-state index is 12.5. The van der Waals surface area contributed by atoms with Gasteiger partial charge in [0.05, 0.1) is 18.7 Å². The Morgan fingerprint density at radius 2 is 1.82 bits per heavy atom. The van der Waals surface area contributed by atoms with Gasteiger partial charge in [0.2, 0.25) is 5.91 Å². The number of fused-ring (bicyclic) bond motifs is 1. The number of nitrogens with one attached hydrogen (secondary N) is 1. The maximum Gasteiger partial charge on any atom is 0.265 e. The van der Waals surface area contributed by atoms with Crippen LogP contribution in [0.25, 0.3) is 0 Å². The number of hydrogen-bond donors (Lipinski definition) is 1. The molecule has 2 amide bonds. The molecule has 0 aromatic heterocycles. The van der Waals surface area contributed by atoms with Crippen LogP contribution in [0.2, 0.25) is 0 Å². The van der Waals surface area contributed by atoms with Gasteiger partial charge in [0.25, 0.3) is 5.91 Å². The maximum absolute atomic E-state index is 12.5. The minimum absolute atomic E-state index is 0.00600. The molecule has 0 unspecified atom stereocenters. The number of anilines is 2. The first kappa shape index (κ1) is 22.4. The fourth-order valence-corrected chi connectivity index (χ4v) is 3.75. The Balaban J connectivity index is 1.36. The van der Waals surface area contributed by atoms with Gasteiger partial charge in [-0.25, -0.2) is 0 Å². The van der Waals surface area contributed by atoms with Crippen LogP contribution in [0.5, 0.6) is 11.5 Å². The highest BCUT2D eigenvalue weighted by Crippen LogP contribution is 2.34. The zero-order valence-corrected chi connectivity index (χ0v) is 18.8. The molecular formula is C27H28N2O4. The minimum atomic E-state index is -0.113. The van der Waals surface area contributed by atoms with E-state index < -0.39 is 0 Å². The lowest BCUT2D eigenvalue weighted by Gasteiger charge is -2.30. The molecule has 0 fully saturated rings. The second-order valence-electron chi connectivity index (χ2n) is 7.93.